The van der Waals surface area contributed by atoms with Gasteiger partial charge in [-0.3, -0.25) is 4.79 Å². The minimum atomic E-state index is 0.239. The lowest BCUT2D eigenvalue weighted by Crippen LogP contribution is -2.23. The Hall–Kier alpha value is -2.29. The molecule has 1 fully saturated rings. The molecular formula is C19H22N2O. The molecule has 0 saturated carbocycles. The maximum absolute atomic E-state index is 11.7. The number of carbonyl (C=O) groups is 1. The monoisotopic (exact) mass is 294 g/mol. The molecule has 0 atom stereocenters. The predicted octanol–water partition coefficient (Wildman–Crippen LogP) is 3.86. The summed E-state index contributed by atoms with van der Waals surface area (Å²) in [5.41, 5.74) is 3.51. The Kier molecular flexibility index (Phi) is 4.74. The smallest absolute Gasteiger partial charge is 0.227 e. The fraction of sp³-hybridized carbons (Fsp3) is 0.316. The summed E-state index contributed by atoms with van der Waals surface area (Å²) < 4.78 is 0. The average Bonchev–Trinajstić information content (AvgIpc) is 2.99. The van der Waals surface area contributed by atoms with E-state index in [0.29, 0.717) is 6.42 Å². The fourth-order valence-corrected chi connectivity index (χ4v) is 2.85. The summed E-state index contributed by atoms with van der Waals surface area (Å²) in [6.45, 7) is 1.81. The molecule has 1 saturated heterocycles. The van der Waals surface area contributed by atoms with Crippen LogP contribution in [0.1, 0.15) is 24.8 Å². The molecule has 2 aromatic carbocycles. The zero-order valence-electron chi connectivity index (χ0n) is 12.8. The van der Waals surface area contributed by atoms with E-state index in [2.05, 4.69) is 47.8 Å². The van der Waals surface area contributed by atoms with E-state index in [1.165, 1.54) is 5.56 Å². The molecule has 1 aliphatic rings. The standard InChI is InChI=1S/C19H22N2O/c22-19-9-5-15-21(19)18-12-10-17(11-13-18)20-14-4-8-16-6-2-1-3-7-16/h1-3,6-7,10-13,20H,4-5,8-9,14-15H2. The van der Waals surface area contributed by atoms with Gasteiger partial charge in [0, 0.05) is 30.9 Å². The highest BCUT2D eigenvalue weighted by Gasteiger charge is 2.21. The molecule has 0 radical (unpaired) electrons. The topological polar surface area (TPSA) is 32.3 Å². The average molecular weight is 294 g/mol. The zero-order chi connectivity index (χ0) is 15.2. The second kappa shape index (κ2) is 7.12. The Labute approximate surface area is 132 Å². The maximum Gasteiger partial charge on any atom is 0.227 e. The number of carbonyl (C=O) groups excluding carboxylic acids is 1. The van der Waals surface area contributed by atoms with Gasteiger partial charge in [-0.25, -0.2) is 0 Å². The van der Waals surface area contributed by atoms with Crippen molar-refractivity contribution in [2.45, 2.75) is 25.7 Å². The van der Waals surface area contributed by atoms with Crippen LogP contribution in [0.4, 0.5) is 11.4 Å². The number of hydrogen-bond donors (Lipinski definition) is 1. The van der Waals surface area contributed by atoms with E-state index in [4.69, 9.17) is 0 Å². The first-order chi connectivity index (χ1) is 10.8. The lowest BCUT2D eigenvalue weighted by Gasteiger charge is -2.16. The molecule has 22 heavy (non-hydrogen) atoms. The summed E-state index contributed by atoms with van der Waals surface area (Å²) in [7, 11) is 0. The summed E-state index contributed by atoms with van der Waals surface area (Å²) in [5, 5.41) is 3.44. The Morgan fingerprint density at radius 2 is 1.77 bits per heavy atom. The Balaban J connectivity index is 1.46. The van der Waals surface area contributed by atoms with Crippen LogP contribution in [-0.2, 0) is 11.2 Å². The van der Waals surface area contributed by atoms with Gasteiger partial charge in [0.25, 0.3) is 0 Å². The quantitative estimate of drug-likeness (QED) is 0.821. The minimum Gasteiger partial charge on any atom is -0.385 e. The molecule has 2 aromatic rings. The molecule has 0 aromatic heterocycles. The molecule has 0 unspecified atom stereocenters. The van der Waals surface area contributed by atoms with Crippen molar-refractivity contribution in [1.82, 2.24) is 0 Å². The summed E-state index contributed by atoms with van der Waals surface area (Å²) in [6.07, 6.45) is 3.85. The highest BCUT2D eigenvalue weighted by atomic mass is 16.2. The van der Waals surface area contributed by atoms with E-state index in [9.17, 15) is 4.79 Å². The third-order valence-corrected chi connectivity index (χ3v) is 4.07. The summed E-state index contributed by atoms with van der Waals surface area (Å²) in [6, 6.07) is 18.7. The van der Waals surface area contributed by atoms with Crippen molar-refractivity contribution in [3.8, 4) is 0 Å². The van der Waals surface area contributed by atoms with Gasteiger partial charge in [-0.1, -0.05) is 30.3 Å². The van der Waals surface area contributed by atoms with E-state index < -0.39 is 0 Å². The maximum atomic E-state index is 11.7. The molecule has 0 bridgehead atoms. The molecule has 1 aliphatic heterocycles. The number of nitrogens with zero attached hydrogens (tertiary/aromatic N) is 1. The predicted molar refractivity (Wildman–Crippen MR) is 91.3 cm³/mol. The second-order valence-corrected chi connectivity index (χ2v) is 5.71. The fourth-order valence-electron chi connectivity index (χ4n) is 2.85. The Bertz CT molecular complexity index is 607. The molecule has 1 heterocycles. The van der Waals surface area contributed by atoms with Crippen LogP contribution in [0.5, 0.6) is 0 Å². The number of anilines is 2. The van der Waals surface area contributed by atoms with Crippen LogP contribution < -0.4 is 10.2 Å². The van der Waals surface area contributed by atoms with E-state index >= 15 is 0 Å². The highest BCUT2D eigenvalue weighted by Crippen LogP contribution is 2.23. The molecule has 1 amide bonds. The first-order valence-corrected chi connectivity index (χ1v) is 8.01. The first kappa shape index (κ1) is 14.6. The number of aryl methyl sites for hydroxylation is 1. The van der Waals surface area contributed by atoms with Crippen molar-refractivity contribution in [3.63, 3.8) is 0 Å². The van der Waals surface area contributed by atoms with Gasteiger partial charge in [-0.15, -0.1) is 0 Å². The first-order valence-electron chi connectivity index (χ1n) is 8.01. The van der Waals surface area contributed by atoms with Crippen LogP contribution >= 0.6 is 0 Å². The molecule has 114 valence electrons. The highest BCUT2D eigenvalue weighted by molar-refractivity contribution is 5.95. The van der Waals surface area contributed by atoms with Gasteiger partial charge < -0.3 is 10.2 Å². The van der Waals surface area contributed by atoms with E-state index in [-0.39, 0.29) is 5.91 Å². The van der Waals surface area contributed by atoms with Crippen LogP contribution in [0.15, 0.2) is 54.6 Å². The van der Waals surface area contributed by atoms with Crippen molar-refractivity contribution in [1.29, 1.82) is 0 Å². The molecule has 3 rings (SSSR count). The van der Waals surface area contributed by atoms with Crippen molar-refractivity contribution in [2.75, 3.05) is 23.3 Å². The van der Waals surface area contributed by atoms with Crippen LogP contribution in [0.2, 0.25) is 0 Å². The summed E-state index contributed by atoms with van der Waals surface area (Å²) >= 11 is 0. The third kappa shape index (κ3) is 3.67. The van der Waals surface area contributed by atoms with Crippen molar-refractivity contribution in [2.24, 2.45) is 0 Å². The molecule has 0 aliphatic carbocycles. The lowest BCUT2D eigenvalue weighted by molar-refractivity contribution is -0.117. The van der Waals surface area contributed by atoms with E-state index in [1.807, 2.05) is 17.0 Å². The molecule has 1 N–H and O–H groups in total. The van der Waals surface area contributed by atoms with Crippen LogP contribution in [0.3, 0.4) is 0 Å². The summed E-state index contributed by atoms with van der Waals surface area (Å²) in [5.74, 6) is 0.239. The number of hydrogen-bond acceptors (Lipinski definition) is 2. The number of amides is 1. The lowest BCUT2D eigenvalue weighted by atomic mass is 10.1. The Morgan fingerprint density at radius 1 is 1.00 bits per heavy atom. The van der Waals surface area contributed by atoms with Crippen molar-refractivity contribution in [3.05, 3.63) is 60.2 Å². The molecule has 3 heteroatoms. The van der Waals surface area contributed by atoms with Crippen LogP contribution in [0, 0.1) is 0 Å². The van der Waals surface area contributed by atoms with Gasteiger partial charge in [0.05, 0.1) is 0 Å². The third-order valence-electron chi connectivity index (χ3n) is 4.07. The molecule has 0 spiro atoms. The zero-order valence-corrected chi connectivity index (χ0v) is 12.8. The van der Waals surface area contributed by atoms with E-state index in [1.54, 1.807) is 0 Å². The number of benzene rings is 2. The minimum absolute atomic E-state index is 0.239. The van der Waals surface area contributed by atoms with Crippen LogP contribution in [-0.4, -0.2) is 19.0 Å². The van der Waals surface area contributed by atoms with Crippen molar-refractivity contribution >= 4 is 17.3 Å². The van der Waals surface area contributed by atoms with Crippen molar-refractivity contribution < 1.29 is 4.79 Å². The molecule has 3 nitrogen and oxygen atoms in total. The SMILES string of the molecule is O=C1CCCN1c1ccc(NCCCc2ccccc2)cc1. The second-order valence-electron chi connectivity index (χ2n) is 5.71. The Morgan fingerprint density at radius 3 is 2.45 bits per heavy atom. The van der Waals surface area contributed by atoms with Gasteiger partial charge in [-0.2, -0.15) is 0 Å². The number of nitrogens with one attached hydrogen (secondary N) is 1. The summed E-state index contributed by atoms with van der Waals surface area (Å²) in [4.78, 5) is 13.6. The largest absolute Gasteiger partial charge is 0.385 e. The van der Waals surface area contributed by atoms with Gasteiger partial charge in [-0.05, 0) is 49.1 Å². The van der Waals surface area contributed by atoms with Gasteiger partial charge >= 0.3 is 0 Å². The normalized spacial score (nSPS) is 14.4. The van der Waals surface area contributed by atoms with Crippen LogP contribution in [0.25, 0.3) is 0 Å². The van der Waals surface area contributed by atoms with Gasteiger partial charge in [0.15, 0.2) is 0 Å². The number of rotatable bonds is 6. The van der Waals surface area contributed by atoms with E-state index in [0.717, 1.165) is 43.7 Å². The molecular weight excluding hydrogens is 272 g/mol. The van der Waals surface area contributed by atoms with Gasteiger partial charge in [0.2, 0.25) is 5.91 Å². The van der Waals surface area contributed by atoms with Gasteiger partial charge in [0.1, 0.15) is 0 Å².